The highest BCUT2D eigenvalue weighted by Crippen LogP contribution is 2.41. The molecule has 15 heavy (non-hydrogen) atoms. The first-order chi connectivity index (χ1) is 6.89. The van der Waals surface area contributed by atoms with Crippen molar-refractivity contribution in [3.8, 4) is 0 Å². The molecule has 0 unspecified atom stereocenters. The summed E-state index contributed by atoms with van der Waals surface area (Å²) >= 11 is 0. The van der Waals surface area contributed by atoms with E-state index in [-0.39, 0.29) is 0 Å². The summed E-state index contributed by atoms with van der Waals surface area (Å²) in [6.07, 6.45) is 3.50. The van der Waals surface area contributed by atoms with E-state index in [1.165, 1.54) is 0 Å². The van der Waals surface area contributed by atoms with E-state index in [0.717, 1.165) is 38.8 Å². The molecule has 2 nitrogen and oxygen atoms in total. The number of aliphatic hydroxyl groups is 1. The Bertz CT molecular complexity index is 224. The zero-order chi connectivity index (χ0) is 11.1. The molecule has 2 aliphatic rings. The fourth-order valence-electron chi connectivity index (χ4n) is 2.49. The average Bonchev–Trinajstić information content (AvgIpc) is 2.82. The molecule has 0 aromatic carbocycles. The number of rotatable bonds is 3. The topological polar surface area (TPSA) is 23.5 Å². The third-order valence-corrected chi connectivity index (χ3v) is 3.89. The molecule has 0 atom stereocenters. The summed E-state index contributed by atoms with van der Waals surface area (Å²) in [6.45, 7) is 6.27. The first-order valence-electron chi connectivity index (χ1n) is 6.03. The van der Waals surface area contributed by atoms with Gasteiger partial charge in [0.1, 0.15) is 5.67 Å². The van der Waals surface area contributed by atoms with Gasteiger partial charge in [-0.3, -0.25) is 0 Å². The Morgan fingerprint density at radius 1 is 1.33 bits per heavy atom. The van der Waals surface area contributed by atoms with E-state index in [1.54, 1.807) is 0 Å². The molecular formula is C12H22FNO. The van der Waals surface area contributed by atoms with E-state index in [4.69, 9.17) is 0 Å². The Labute approximate surface area is 91.5 Å². The zero-order valence-electron chi connectivity index (χ0n) is 9.80. The van der Waals surface area contributed by atoms with Crippen LogP contribution in [0.4, 0.5) is 4.39 Å². The minimum atomic E-state index is -0.860. The molecule has 0 radical (unpaired) electrons. The number of nitrogens with zero attached hydrogens (tertiary/aromatic N) is 1. The highest BCUT2D eigenvalue weighted by Gasteiger charge is 2.45. The van der Waals surface area contributed by atoms with Crippen molar-refractivity contribution in [2.45, 2.75) is 50.8 Å². The second kappa shape index (κ2) is 3.70. The largest absolute Gasteiger partial charge is 0.390 e. The van der Waals surface area contributed by atoms with Gasteiger partial charge in [0, 0.05) is 6.54 Å². The quantitative estimate of drug-likeness (QED) is 0.778. The van der Waals surface area contributed by atoms with Crippen LogP contribution >= 0.6 is 0 Å². The Balaban J connectivity index is 1.77. The minimum Gasteiger partial charge on any atom is -0.390 e. The van der Waals surface area contributed by atoms with Crippen LogP contribution in [0.15, 0.2) is 0 Å². The summed E-state index contributed by atoms with van der Waals surface area (Å²) in [7, 11) is 0. The van der Waals surface area contributed by atoms with E-state index >= 15 is 0 Å². The molecule has 1 heterocycles. The second-order valence-corrected chi connectivity index (χ2v) is 5.85. The Hall–Kier alpha value is -0.150. The minimum absolute atomic E-state index is 0.378. The van der Waals surface area contributed by atoms with Gasteiger partial charge in [-0.25, -0.2) is 4.39 Å². The summed E-state index contributed by atoms with van der Waals surface area (Å²) in [5.74, 6) is 0.378. The molecule has 1 saturated heterocycles. The van der Waals surface area contributed by atoms with Crippen LogP contribution in [0.25, 0.3) is 0 Å². The van der Waals surface area contributed by atoms with Crippen molar-refractivity contribution >= 4 is 0 Å². The predicted molar refractivity (Wildman–Crippen MR) is 58.5 cm³/mol. The maximum Gasteiger partial charge on any atom is 0.123 e. The molecule has 2 fully saturated rings. The third kappa shape index (κ3) is 2.91. The number of likely N-dealkylation sites (tertiary alicyclic amines) is 1. The van der Waals surface area contributed by atoms with Crippen molar-refractivity contribution in [3.63, 3.8) is 0 Å². The molecule has 2 rings (SSSR count). The highest BCUT2D eigenvalue weighted by atomic mass is 19.1. The number of hydrogen-bond acceptors (Lipinski definition) is 2. The van der Waals surface area contributed by atoms with Crippen LogP contribution in [0.5, 0.6) is 0 Å². The van der Waals surface area contributed by atoms with Gasteiger partial charge < -0.3 is 10.0 Å². The van der Waals surface area contributed by atoms with E-state index in [9.17, 15) is 9.50 Å². The van der Waals surface area contributed by atoms with Crippen LogP contribution < -0.4 is 0 Å². The van der Waals surface area contributed by atoms with Gasteiger partial charge in [0.2, 0.25) is 0 Å². The molecule has 0 amide bonds. The maximum absolute atomic E-state index is 13.5. The van der Waals surface area contributed by atoms with E-state index in [1.807, 2.05) is 13.8 Å². The van der Waals surface area contributed by atoms with Crippen LogP contribution in [-0.4, -0.2) is 40.9 Å². The molecule has 1 aliphatic heterocycles. The van der Waals surface area contributed by atoms with E-state index in [0.29, 0.717) is 12.5 Å². The van der Waals surface area contributed by atoms with Crippen LogP contribution in [0.2, 0.25) is 0 Å². The number of piperidine rings is 1. The summed E-state index contributed by atoms with van der Waals surface area (Å²) in [4.78, 5) is 2.22. The maximum atomic E-state index is 13.5. The summed E-state index contributed by atoms with van der Waals surface area (Å²) < 4.78 is 13.5. The van der Waals surface area contributed by atoms with Crippen molar-refractivity contribution in [2.24, 2.45) is 5.92 Å². The van der Waals surface area contributed by atoms with Crippen LogP contribution in [0.1, 0.15) is 39.5 Å². The van der Waals surface area contributed by atoms with Crippen molar-refractivity contribution in [2.75, 3.05) is 19.6 Å². The fraction of sp³-hybridized carbons (Fsp3) is 1.00. The van der Waals surface area contributed by atoms with Gasteiger partial charge in [-0.05, 0) is 58.5 Å². The van der Waals surface area contributed by atoms with Crippen LogP contribution in [0.3, 0.4) is 0 Å². The Morgan fingerprint density at radius 3 is 2.27 bits per heavy atom. The lowest BCUT2D eigenvalue weighted by atomic mass is 9.83. The zero-order valence-corrected chi connectivity index (χ0v) is 9.80. The lowest BCUT2D eigenvalue weighted by Crippen LogP contribution is -2.44. The van der Waals surface area contributed by atoms with Gasteiger partial charge >= 0.3 is 0 Å². The highest BCUT2D eigenvalue weighted by molar-refractivity contribution is 4.97. The monoisotopic (exact) mass is 215 g/mol. The van der Waals surface area contributed by atoms with Gasteiger partial charge in [0.15, 0.2) is 0 Å². The van der Waals surface area contributed by atoms with Gasteiger partial charge in [-0.2, -0.15) is 0 Å². The molecule has 3 heteroatoms. The number of halogens is 1. The van der Waals surface area contributed by atoms with Crippen molar-refractivity contribution < 1.29 is 9.50 Å². The van der Waals surface area contributed by atoms with Gasteiger partial charge in [-0.15, -0.1) is 0 Å². The molecule has 0 spiro atoms. The fourth-order valence-corrected chi connectivity index (χ4v) is 2.49. The van der Waals surface area contributed by atoms with E-state index in [2.05, 4.69) is 4.90 Å². The van der Waals surface area contributed by atoms with Gasteiger partial charge in [0.25, 0.3) is 0 Å². The Kier molecular flexibility index (Phi) is 2.80. The molecule has 1 aliphatic carbocycles. The lowest BCUT2D eigenvalue weighted by Gasteiger charge is -2.38. The van der Waals surface area contributed by atoms with E-state index < -0.39 is 11.3 Å². The molecule has 1 saturated carbocycles. The Morgan fingerprint density at radius 2 is 1.87 bits per heavy atom. The SMILES string of the molecule is CC(C)(O)C1CCN(CC2(F)CC2)CC1. The standard InChI is InChI=1S/C12H22FNO/c1-11(2,15)10-3-7-14(8-4-10)9-12(13)5-6-12/h10,15H,3-9H2,1-2H3. The van der Waals surface area contributed by atoms with Crippen LogP contribution in [-0.2, 0) is 0 Å². The number of alkyl halides is 1. The third-order valence-electron chi connectivity index (χ3n) is 3.89. The van der Waals surface area contributed by atoms with Crippen molar-refractivity contribution in [1.29, 1.82) is 0 Å². The first-order valence-corrected chi connectivity index (χ1v) is 6.03. The normalized spacial score (nSPS) is 28.0. The molecular weight excluding hydrogens is 193 g/mol. The lowest BCUT2D eigenvalue weighted by molar-refractivity contribution is -0.0158. The smallest absolute Gasteiger partial charge is 0.123 e. The molecule has 88 valence electrons. The predicted octanol–water partition coefficient (Wildman–Crippen LogP) is 1.97. The first kappa shape index (κ1) is 11.3. The average molecular weight is 215 g/mol. The molecule has 0 aromatic heterocycles. The van der Waals surface area contributed by atoms with Gasteiger partial charge in [0.05, 0.1) is 5.60 Å². The molecule has 0 bridgehead atoms. The van der Waals surface area contributed by atoms with Crippen molar-refractivity contribution in [1.82, 2.24) is 4.90 Å². The summed E-state index contributed by atoms with van der Waals surface area (Å²) in [5, 5.41) is 9.88. The molecule has 0 aromatic rings. The molecule has 1 N–H and O–H groups in total. The summed E-state index contributed by atoms with van der Waals surface area (Å²) in [5.41, 5.74) is -1.43. The van der Waals surface area contributed by atoms with Crippen molar-refractivity contribution in [3.05, 3.63) is 0 Å². The van der Waals surface area contributed by atoms with Crippen LogP contribution in [0, 0.1) is 5.92 Å². The second-order valence-electron chi connectivity index (χ2n) is 5.85. The summed E-state index contributed by atoms with van der Waals surface area (Å²) in [6, 6.07) is 0. The van der Waals surface area contributed by atoms with Gasteiger partial charge in [-0.1, -0.05) is 0 Å². The number of hydrogen-bond donors (Lipinski definition) is 1.